The van der Waals surface area contributed by atoms with E-state index >= 15 is 0 Å². The molecular weight excluding hydrogens is 312 g/mol. The Bertz CT molecular complexity index is 749. The zero-order chi connectivity index (χ0) is 13.4. The quantitative estimate of drug-likeness (QED) is 0.643. The molecule has 4 heteroatoms. The van der Waals surface area contributed by atoms with Crippen molar-refractivity contribution >= 4 is 26.8 Å². The smallest absolute Gasteiger partial charge is 0.138 e. The summed E-state index contributed by atoms with van der Waals surface area (Å²) in [7, 11) is 0. The highest BCUT2D eigenvalue weighted by molar-refractivity contribution is 9.10. The van der Waals surface area contributed by atoms with Gasteiger partial charge in [-0.25, -0.2) is 8.78 Å². The molecule has 3 rings (SSSR count). The monoisotopic (exact) mass is 321 g/mol. The zero-order valence-corrected chi connectivity index (χ0v) is 11.5. The van der Waals surface area contributed by atoms with Crippen molar-refractivity contribution in [3.8, 4) is 0 Å². The molecule has 0 spiro atoms. The van der Waals surface area contributed by atoms with E-state index in [1.807, 2.05) is 22.9 Å². The summed E-state index contributed by atoms with van der Waals surface area (Å²) in [5.74, 6) is -0.530. The lowest BCUT2D eigenvalue weighted by Gasteiger charge is -2.06. The average Bonchev–Trinajstić information content (AvgIpc) is 2.73. The summed E-state index contributed by atoms with van der Waals surface area (Å²) < 4.78 is 29.0. The van der Waals surface area contributed by atoms with E-state index in [2.05, 4.69) is 15.9 Å². The van der Waals surface area contributed by atoms with Crippen molar-refractivity contribution in [2.24, 2.45) is 0 Å². The van der Waals surface area contributed by atoms with Gasteiger partial charge in [-0.3, -0.25) is 0 Å². The highest BCUT2D eigenvalue weighted by Gasteiger charge is 2.07. The van der Waals surface area contributed by atoms with Crippen LogP contribution in [0.1, 0.15) is 5.56 Å². The van der Waals surface area contributed by atoms with E-state index in [-0.39, 0.29) is 11.6 Å². The molecule has 1 aromatic heterocycles. The van der Waals surface area contributed by atoms with Gasteiger partial charge < -0.3 is 4.57 Å². The number of nitrogens with zero attached hydrogens (tertiary/aromatic N) is 1. The Morgan fingerprint density at radius 3 is 2.68 bits per heavy atom. The first-order chi connectivity index (χ1) is 9.13. The molecule has 1 nitrogen and oxygen atoms in total. The van der Waals surface area contributed by atoms with Crippen LogP contribution in [0.15, 0.2) is 53.1 Å². The summed E-state index contributed by atoms with van der Waals surface area (Å²) >= 11 is 3.18. The first-order valence-electron chi connectivity index (χ1n) is 5.82. The van der Waals surface area contributed by atoms with Gasteiger partial charge in [0.25, 0.3) is 0 Å². The number of halogens is 3. The van der Waals surface area contributed by atoms with E-state index < -0.39 is 0 Å². The summed E-state index contributed by atoms with van der Waals surface area (Å²) in [5, 5.41) is 0.831. The van der Waals surface area contributed by atoms with Crippen molar-refractivity contribution in [1.82, 2.24) is 4.57 Å². The topological polar surface area (TPSA) is 4.93 Å². The molecular formula is C15H10BrF2N. The fourth-order valence-corrected chi connectivity index (χ4v) is 2.49. The number of rotatable bonds is 2. The first kappa shape index (κ1) is 12.4. The lowest BCUT2D eigenvalue weighted by atomic mass is 10.2. The van der Waals surface area contributed by atoms with Gasteiger partial charge in [0, 0.05) is 23.6 Å². The van der Waals surface area contributed by atoms with Crippen LogP contribution in [-0.4, -0.2) is 4.57 Å². The molecule has 0 aliphatic heterocycles. The minimum absolute atomic E-state index is 0.249. The van der Waals surface area contributed by atoms with Crippen LogP contribution in [0.4, 0.5) is 8.78 Å². The van der Waals surface area contributed by atoms with Gasteiger partial charge in [-0.15, -0.1) is 0 Å². The van der Waals surface area contributed by atoms with Gasteiger partial charge in [-0.1, -0.05) is 12.1 Å². The molecule has 0 fully saturated rings. The van der Waals surface area contributed by atoms with Crippen molar-refractivity contribution in [2.75, 3.05) is 0 Å². The van der Waals surface area contributed by atoms with Crippen LogP contribution in [0.2, 0.25) is 0 Å². The predicted octanol–water partition coefficient (Wildman–Crippen LogP) is 4.73. The largest absolute Gasteiger partial charge is 0.343 e. The van der Waals surface area contributed by atoms with Crippen LogP contribution in [0.5, 0.6) is 0 Å². The summed E-state index contributed by atoms with van der Waals surface area (Å²) in [6.07, 6.45) is 1.88. The maximum absolute atomic E-state index is 13.4. The molecule has 0 aliphatic rings. The summed E-state index contributed by atoms with van der Waals surface area (Å²) in [4.78, 5) is 0. The van der Waals surface area contributed by atoms with Crippen molar-refractivity contribution in [1.29, 1.82) is 0 Å². The Balaban J connectivity index is 2.04. The second-order valence-electron chi connectivity index (χ2n) is 4.40. The van der Waals surface area contributed by atoms with E-state index in [4.69, 9.17) is 0 Å². The highest BCUT2D eigenvalue weighted by Crippen LogP contribution is 2.25. The average molecular weight is 322 g/mol. The third-order valence-corrected chi connectivity index (χ3v) is 3.66. The molecule has 96 valence electrons. The maximum Gasteiger partial charge on any atom is 0.138 e. The predicted molar refractivity (Wildman–Crippen MR) is 75.1 cm³/mol. The number of benzene rings is 2. The Labute approximate surface area is 117 Å². The van der Waals surface area contributed by atoms with Gasteiger partial charge in [0.1, 0.15) is 11.6 Å². The summed E-state index contributed by atoms with van der Waals surface area (Å²) in [6, 6.07) is 11.6. The molecule has 0 unspecified atom stereocenters. The number of fused-ring (bicyclic) bond motifs is 1. The fraction of sp³-hybridized carbons (Fsp3) is 0.0667. The molecule has 19 heavy (non-hydrogen) atoms. The number of aromatic nitrogens is 1. The van der Waals surface area contributed by atoms with Gasteiger partial charge in [-0.05, 0) is 51.8 Å². The second kappa shape index (κ2) is 4.78. The van der Waals surface area contributed by atoms with E-state index in [0.29, 0.717) is 11.0 Å². The van der Waals surface area contributed by atoms with Crippen LogP contribution in [0.3, 0.4) is 0 Å². The summed E-state index contributed by atoms with van der Waals surface area (Å²) in [5.41, 5.74) is 1.79. The number of hydrogen-bond donors (Lipinski definition) is 0. The molecule has 0 saturated carbocycles. The molecule has 0 amide bonds. The molecule has 0 aliphatic carbocycles. The van der Waals surface area contributed by atoms with Crippen molar-refractivity contribution in [3.05, 3.63) is 70.3 Å². The first-order valence-corrected chi connectivity index (χ1v) is 6.61. The van der Waals surface area contributed by atoms with Crippen LogP contribution in [0.25, 0.3) is 10.9 Å². The van der Waals surface area contributed by atoms with Gasteiger partial charge in [0.2, 0.25) is 0 Å². The van der Waals surface area contributed by atoms with Crippen LogP contribution >= 0.6 is 15.9 Å². The van der Waals surface area contributed by atoms with Crippen molar-refractivity contribution in [2.45, 2.75) is 6.54 Å². The van der Waals surface area contributed by atoms with E-state index in [1.165, 1.54) is 18.2 Å². The Morgan fingerprint density at radius 1 is 1.05 bits per heavy atom. The standard InChI is InChI=1S/C15H10BrF2N/c16-13-8-15-11(7-14(13)18)4-5-19(15)9-10-2-1-3-12(17)6-10/h1-8H,9H2. The van der Waals surface area contributed by atoms with Crippen LogP contribution < -0.4 is 0 Å². The zero-order valence-electron chi connectivity index (χ0n) is 9.91. The summed E-state index contributed by atoms with van der Waals surface area (Å²) in [6.45, 7) is 0.555. The molecule has 3 aromatic rings. The van der Waals surface area contributed by atoms with Crippen molar-refractivity contribution < 1.29 is 8.78 Å². The lowest BCUT2D eigenvalue weighted by molar-refractivity contribution is 0.622. The number of hydrogen-bond acceptors (Lipinski definition) is 0. The SMILES string of the molecule is Fc1cccc(Cn2ccc3cc(F)c(Br)cc32)c1. The maximum atomic E-state index is 13.4. The van der Waals surface area contributed by atoms with Gasteiger partial charge in [0.05, 0.1) is 4.47 Å². The van der Waals surface area contributed by atoms with E-state index in [9.17, 15) is 8.78 Å². The Hall–Kier alpha value is -1.68. The second-order valence-corrected chi connectivity index (χ2v) is 5.25. The van der Waals surface area contributed by atoms with Gasteiger partial charge >= 0.3 is 0 Å². The minimum atomic E-state index is -0.281. The molecule has 2 aromatic carbocycles. The normalized spacial score (nSPS) is 11.1. The van der Waals surface area contributed by atoms with Crippen LogP contribution in [-0.2, 0) is 6.54 Å². The third kappa shape index (κ3) is 2.40. The molecule has 0 N–H and O–H groups in total. The highest BCUT2D eigenvalue weighted by atomic mass is 79.9. The lowest BCUT2D eigenvalue weighted by Crippen LogP contribution is -1.98. The molecule has 0 atom stereocenters. The third-order valence-electron chi connectivity index (χ3n) is 3.06. The molecule has 1 heterocycles. The van der Waals surface area contributed by atoms with E-state index in [1.54, 1.807) is 12.1 Å². The Kier molecular flexibility index (Phi) is 3.11. The van der Waals surface area contributed by atoms with Gasteiger partial charge in [0.15, 0.2) is 0 Å². The molecule has 0 saturated heterocycles. The van der Waals surface area contributed by atoms with Gasteiger partial charge in [-0.2, -0.15) is 0 Å². The molecule has 0 radical (unpaired) electrons. The van der Waals surface area contributed by atoms with E-state index in [0.717, 1.165) is 16.5 Å². The fourth-order valence-electron chi connectivity index (χ4n) is 2.15. The molecule has 0 bridgehead atoms. The van der Waals surface area contributed by atoms with Crippen molar-refractivity contribution in [3.63, 3.8) is 0 Å². The Morgan fingerprint density at radius 2 is 1.89 bits per heavy atom. The van der Waals surface area contributed by atoms with Crippen LogP contribution in [0, 0.1) is 11.6 Å². The minimum Gasteiger partial charge on any atom is -0.343 e.